The van der Waals surface area contributed by atoms with Crippen molar-refractivity contribution in [3.05, 3.63) is 35.6 Å². The highest BCUT2D eigenvalue weighted by atomic mass is 19.1. The number of benzene rings is 1. The first-order valence-corrected chi connectivity index (χ1v) is 7.44. The fourth-order valence-corrected chi connectivity index (χ4v) is 2.71. The Morgan fingerprint density at radius 3 is 2.53 bits per heavy atom. The van der Waals surface area contributed by atoms with Gasteiger partial charge in [-0.2, -0.15) is 0 Å². The van der Waals surface area contributed by atoms with Crippen molar-refractivity contribution >= 4 is 0 Å². The second kappa shape index (κ2) is 7.61. The predicted octanol–water partition coefficient (Wildman–Crippen LogP) is 2.83. The lowest BCUT2D eigenvalue weighted by molar-refractivity contribution is 0.209. The van der Waals surface area contributed by atoms with Crippen molar-refractivity contribution in [1.29, 1.82) is 0 Å². The molecule has 0 radical (unpaired) electrons. The molecule has 0 amide bonds. The van der Waals surface area contributed by atoms with E-state index in [0.29, 0.717) is 6.04 Å². The second-order valence-corrected chi connectivity index (χ2v) is 5.59. The average molecular weight is 264 g/mol. The van der Waals surface area contributed by atoms with E-state index >= 15 is 0 Å². The maximum atomic E-state index is 12.8. The molecule has 0 saturated carbocycles. The Hall–Kier alpha value is -0.930. The summed E-state index contributed by atoms with van der Waals surface area (Å²) >= 11 is 0. The van der Waals surface area contributed by atoms with Crippen molar-refractivity contribution in [2.24, 2.45) is 0 Å². The Morgan fingerprint density at radius 2 is 1.84 bits per heavy atom. The second-order valence-electron chi connectivity index (χ2n) is 5.59. The molecule has 1 atom stereocenters. The molecule has 19 heavy (non-hydrogen) atoms. The first kappa shape index (κ1) is 14.5. The van der Waals surface area contributed by atoms with Crippen LogP contribution < -0.4 is 5.32 Å². The summed E-state index contributed by atoms with van der Waals surface area (Å²) in [4.78, 5) is 2.55. The lowest BCUT2D eigenvalue weighted by Gasteiger charge is -2.29. The normalized spacial score (nSPS) is 18.4. The minimum Gasteiger partial charge on any atom is -0.313 e. The summed E-state index contributed by atoms with van der Waals surface area (Å²) in [7, 11) is 0. The van der Waals surface area contributed by atoms with Gasteiger partial charge >= 0.3 is 0 Å². The number of likely N-dealkylation sites (tertiary alicyclic amines) is 1. The molecule has 1 heterocycles. The highest BCUT2D eigenvalue weighted by Crippen LogP contribution is 2.09. The molecule has 2 nitrogen and oxygen atoms in total. The summed E-state index contributed by atoms with van der Waals surface area (Å²) in [6.45, 7) is 6.86. The summed E-state index contributed by atoms with van der Waals surface area (Å²) in [6.07, 6.45) is 5.05. The van der Waals surface area contributed by atoms with Crippen LogP contribution in [0.1, 0.15) is 31.7 Å². The van der Waals surface area contributed by atoms with Crippen LogP contribution in [0.4, 0.5) is 4.39 Å². The standard InChI is InChI=1S/C16H25FN2/c1-14(13-19-11-3-2-4-12-19)18-10-9-15-5-7-16(17)8-6-15/h5-8,14,18H,2-4,9-13H2,1H3. The third-order valence-electron chi connectivity index (χ3n) is 3.80. The van der Waals surface area contributed by atoms with Crippen molar-refractivity contribution in [3.8, 4) is 0 Å². The van der Waals surface area contributed by atoms with E-state index in [1.165, 1.54) is 50.0 Å². The van der Waals surface area contributed by atoms with Crippen LogP contribution in [0.15, 0.2) is 24.3 Å². The minimum atomic E-state index is -0.157. The Bertz CT molecular complexity index is 358. The van der Waals surface area contributed by atoms with Gasteiger partial charge in [0.15, 0.2) is 0 Å². The van der Waals surface area contributed by atoms with E-state index in [-0.39, 0.29) is 5.82 Å². The van der Waals surface area contributed by atoms with Gasteiger partial charge in [0, 0.05) is 12.6 Å². The highest BCUT2D eigenvalue weighted by Gasteiger charge is 2.12. The molecule has 0 spiro atoms. The van der Waals surface area contributed by atoms with E-state index in [1.807, 2.05) is 12.1 Å². The summed E-state index contributed by atoms with van der Waals surface area (Å²) < 4.78 is 12.8. The summed E-state index contributed by atoms with van der Waals surface area (Å²) in [6, 6.07) is 7.33. The number of piperidine rings is 1. The molecule has 1 aromatic carbocycles. The van der Waals surface area contributed by atoms with Gasteiger partial charge in [0.2, 0.25) is 0 Å². The molecule has 1 aliphatic heterocycles. The molecule has 0 aliphatic carbocycles. The van der Waals surface area contributed by atoms with Gasteiger partial charge in [0.25, 0.3) is 0 Å². The lowest BCUT2D eigenvalue weighted by atomic mass is 10.1. The minimum absolute atomic E-state index is 0.157. The molecule has 2 rings (SSSR count). The molecule has 1 fully saturated rings. The topological polar surface area (TPSA) is 15.3 Å². The van der Waals surface area contributed by atoms with Crippen LogP contribution in [0.5, 0.6) is 0 Å². The van der Waals surface area contributed by atoms with Crippen molar-refractivity contribution in [2.45, 2.75) is 38.6 Å². The number of nitrogens with one attached hydrogen (secondary N) is 1. The average Bonchev–Trinajstić information content (AvgIpc) is 2.42. The van der Waals surface area contributed by atoms with Crippen LogP contribution in [0, 0.1) is 5.82 Å². The first-order valence-electron chi connectivity index (χ1n) is 7.44. The maximum Gasteiger partial charge on any atom is 0.123 e. The van der Waals surface area contributed by atoms with E-state index in [2.05, 4.69) is 17.1 Å². The summed E-state index contributed by atoms with van der Waals surface area (Å²) in [5, 5.41) is 3.56. The number of hydrogen-bond donors (Lipinski definition) is 1. The molecule has 0 aromatic heterocycles. The van der Waals surface area contributed by atoms with Gasteiger partial charge in [0.1, 0.15) is 5.82 Å². The van der Waals surface area contributed by atoms with Crippen LogP contribution in [0.2, 0.25) is 0 Å². The van der Waals surface area contributed by atoms with Crippen LogP contribution in [-0.2, 0) is 6.42 Å². The molecule has 1 saturated heterocycles. The summed E-state index contributed by atoms with van der Waals surface area (Å²) in [5.41, 5.74) is 1.19. The molecular formula is C16H25FN2. The molecule has 1 N–H and O–H groups in total. The number of hydrogen-bond acceptors (Lipinski definition) is 2. The molecule has 0 bridgehead atoms. The lowest BCUT2D eigenvalue weighted by Crippen LogP contribution is -2.42. The highest BCUT2D eigenvalue weighted by molar-refractivity contribution is 5.16. The van der Waals surface area contributed by atoms with Crippen LogP contribution in [-0.4, -0.2) is 37.1 Å². The van der Waals surface area contributed by atoms with E-state index < -0.39 is 0 Å². The van der Waals surface area contributed by atoms with Gasteiger partial charge < -0.3 is 10.2 Å². The smallest absolute Gasteiger partial charge is 0.123 e. The number of rotatable bonds is 6. The van der Waals surface area contributed by atoms with Crippen molar-refractivity contribution in [1.82, 2.24) is 10.2 Å². The molecule has 3 heteroatoms. The van der Waals surface area contributed by atoms with E-state index in [0.717, 1.165) is 19.5 Å². The van der Waals surface area contributed by atoms with Crippen molar-refractivity contribution in [2.75, 3.05) is 26.2 Å². The monoisotopic (exact) mass is 264 g/mol. The zero-order chi connectivity index (χ0) is 13.5. The summed E-state index contributed by atoms with van der Waals surface area (Å²) in [5.74, 6) is -0.157. The van der Waals surface area contributed by atoms with Gasteiger partial charge in [-0.25, -0.2) is 4.39 Å². The zero-order valence-electron chi connectivity index (χ0n) is 11.9. The Labute approximate surface area is 116 Å². The van der Waals surface area contributed by atoms with Gasteiger partial charge in [0.05, 0.1) is 0 Å². The van der Waals surface area contributed by atoms with Gasteiger partial charge in [-0.1, -0.05) is 18.6 Å². The van der Waals surface area contributed by atoms with Crippen molar-refractivity contribution in [3.63, 3.8) is 0 Å². The molecule has 1 unspecified atom stereocenters. The van der Waals surface area contributed by atoms with Crippen LogP contribution in [0.3, 0.4) is 0 Å². The fourth-order valence-electron chi connectivity index (χ4n) is 2.71. The zero-order valence-corrected chi connectivity index (χ0v) is 11.9. The number of nitrogens with zero attached hydrogens (tertiary/aromatic N) is 1. The van der Waals surface area contributed by atoms with Crippen molar-refractivity contribution < 1.29 is 4.39 Å². The molecular weight excluding hydrogens is 239 g/mol. The number of halogens is 1. The van der Waals surface area contributed by atoms with E-state index in [4.69, 9.17) is 0 Å². The predicted molar refractivity (Wildman–Crippen MR) is 77.9 cm³/mol. The Kier molecular flexibility index (Phi) is 5.80. The maximum absolute atomic E-state index is 12.8. The third-order valence-corrected chi connectivity index (χ3v) is 3.80. The third kappa shape index (κ3) is 5.29. The SMILES string of the molecule is CC(CN1CCCCC1)NCCc1ccc(F)cc1. The molecule has 106 valence electrons. The van der Waals surface area contributed by atoms with E-state index in [9.17, 15) is 4.39 Å². The first-order chi connectivity index (χ1) is 9.24. The largest absolute Gasteiger partial charge is 0.313 e. The Morgan fingerprint density at radius 1 is 1.16 bits per heavy atom. The van der Waals surface area contributed by atoms with Gasteiger partial charge in [-0.3, -0.25) is 0 Å². The quantitative estimate of drug-likeness (QED) is 0.850. The molecule has 1 aliphatic rings. The Balaban J connectivity index is 1.63. The van der Waals surface area contributed by atoms with Gasteiger partial charge in [-0.15, -0.1) is 0 Å². The molecule has 1 aromatic rings. The van der Waals surface area contributed by atoms with E-state index in [1.54, 1.807) is 0 Å². The van der Waals surface area contributed by atoms with Crippen LogP contribution >= 0.6 is 0 Å². The fraction of sp³-hybridized carbons (Fsp3) is 0.625. The van der Waals surface area contributed by atoms with Gasteiger partial charge in [-0.05, 0) is 63.5 Å². The van der Waals surface area contributed by atoms with Crippen LogP contribution in [0.25, 0.3) is 0 Å².